The number of hydrogen-bond acceptors (Lipinski definition) is 4. The summed E-state index contributed by atoms with van der Waals surface area (Å²) in [6.07, 6.45) is 0. The van der Waals surface area contributed by atoms with Crippen LogP contribution in [0.3, 0.4) is 0 Å². The molecule has 0 amide bonds. The molecule has 0 heterocycles. The Labute approximate surface area is 166 Å². The lowest BCUT2D eigenvalue weighted by molar-refractivity contribution is 0.410. The molecule has 3 aromatic rings. The van der Waals surface area contributed by atoms with E-state index in [0.29, 0.717) is 23.0 Å². The van der Waals surface area contributed by atoms with Gasteiger partial charge < -0.3 is 19.7 Å². The number of rotatable bonds is 4. The summed E-state index contributed by atoms with van der Waals surface area (Å²) in [5.41, 5.74) is 5.25. The van der Waals surface area contributed by atoms with Crippen LogP contribution in [0.25, 0.3) is 0 Å². The lowest BCUT2D eigenvalue weighted by Gasteiger charge is -2.18. The molecule has 0 radical (unpaired) electrons. The maximum absolute atomic E-state index is 10.0. The molecule has 0 spiro atoms. The highest BCUT2D eigenvalue weighted by atomic mass is 16.5. The highest BCUT2D eigenvalue weighted by Gasteiger charge is 2.16. The summed E-state index contributed by atoms with van der Waals surface area (Å²) in [6.45, 7) is 11.5. The number of aryl methyl sites for hydroxylation is 3. The first-order valence-corrected chi connectivity index (χ1v) is 9.24. The van der Waals surface area contributed by atoms with Crippen molar-refractivity contribution < 1.29 is 19.7 Å². The Morgan fingerprint density at radius 1 is 0.607 bits per heavy atom. The van der Waals surface area contributed by atoms with E-state index in [2.05, 4.69) is 0 Å². The Hall–Kier alpha value is -3.14. The quantitative estimate of drug-likeness (QED) is 0.542. The molecule has 0 unspecified atom stereocenters. The third-order valence-corrected chi connectivity index (χ3v) is 5.25. The van der Waals surface area contributed by atoms with Crippen LogP contribution in [0.15, 0.2) is 36.4 Å². The van der Waals surface area contributed by atoms with Crippen molar-refractivity contribution >= 4 is 0 Å². The van der Waals surface area contributed by atoms with Gasteiger partial charge in [-0.3, -0.25) is 0 Å². The Kier molecular flexibility index (Phi) is 5.23. The largest absolute Gasteiger partial charge is 0.508 e. The van der Waals surface area contributed by atoms with Gasteiger partial charge >= 0.3 is 0 Å². The van der Waals surface area contributed by atoms with Crippen LogP contribution in [0.5, 0.6) is 34.5 Å². The molecule has 4 nitrogen and oxygen atoms in total. The SMILES string of the molecule is Cc1ccc(Oc2ccc(O)c(C)c2C)c(Oc2cc(C)c(O)c(C)c2)c1C. The summed E-state index contributed by atoms with van der Waals surface area (Å²) >= 11 is 0. The van der Waals surface area contributed by atoms with Gasteiger partial charge in [0.25, 0.3) is 0 Å². The van der Waals surface area contributed by atoms with Gasteiger partial charge in [0.2, 0.25) is 0 Å². The molecule has 0 fully saturated rings. The molecular formula is C24H26O4. The van der Waals surface area contributed by atoms with Crippen molar-refractivity contribution in [2.45, 2.75) is 41.5 Å². The predicted octanol–water partition coefficient (Wildman–Crippen LogP) is 6.53. The maximum Gasteiger partial charge on any atom is 0.173 e. The van der Waals surface area contributed by atoms with Crippen molar-refractivity contribution in [3.63, 3.8) is 0 Å². The van der Waals surface area contributed by atoms with Crippen LogP contribution in [-0.4, -0.2) is 10.2 Å². The lowest BCUT2D eigenvalue weighted by atomic mass is 10.1. The molecule has 0 bridgehead atoms. The normalized spacial score (nSPS) is 10.8. The van der Waals surface area contributed by atoms with E-state index in [-0.39, 0.29) is 11.5 Å². The highest BCUT2D eigenvalue weighted by Crippen LogP contribution is 2.41. The topological polar surface area (TPSA) is 58.9 Å². The number of phenolic OH excluding ortho intramolecular Hbond substituents is 2. The molecule has 0 saturated heterocycles. The molecular weight excluding hydrogens is 352 g/mol. The molecule has 2 N–H and O–H groups in total. The molecule has 0 aliphatic heterocycles. The van der Waals surface area contributed by atoms with E-state index in [1.165, 1.54) is 0 Å². The first-order valence-electron chi connectivity index (χ1n) is 9.24. The number of ether oxygens (including phenoxy) is 2. The zero-order valence-corrected chi connectivity index (χ0v) is 17.2. The van der Waals surface area contributed by atoms with Crippen molar-refractivity contribution in [3.05, 3.63) is 69.8 Å². The zero-order chi connectivity index (χ0) is 20.6. The van der Waals surface area contributed by atoms with E-state index >= 15 is 0 Å². The molecule has 3 rings (SSSR count). The third kappa shape index (κ3) is 3.63. The number of aromatic hydroxyl groups is 2. The van der Waals surface area contributed by atoms with Gasteiger partial charge in [-0.25, -0.2) is 0 Å². The van der Waals surface area contributed by atoms with Crippen LogP contribution < -0.4 is 9.47 Å². The Morgan fingerprint density at radius 3 is 1.86 bits per heavy atom. The fraction of sp³-hybridized carbons (Fsp3) is 0.250. The van der Waals surface area contributed by atoms with E-state index < -0.39 is 0 Å². The summed E-state index contributed by atoms with van der Waals surface area (Å²) in [5.74, 6) is 3.07. The van der Waals surface area contributed by atoms with Gasteiger partial charge in [0.05, 0.1) is 0 Å². The Morgan fingerprint density at radius 2 is 1.21 bits per heavy atom. The summed E-state index contributed by atoms with van der Waals surface area (Å²) < 4.78 is 12.4. The van der Waals surface area contributed by atoms with E-state index in [0.717, 1.165) is 33.4 Å². The van der Waals surface area contributed by atoms with E-state index in [9.17, 15) is 10.2 Å². The van der Waals surface area contributed by atoms with Crippen LogP contribution >= 0.6 is 0 Å². The van der Waals surface area contributed by atoms with Gasteiger partial charge in [0.1, 0.15) is 23.0 Å². The van der Waals surface area contributed by atoms with Crippen LogP contribution in [0, 0.1) is 41.5 Å². The maximum atomic E-state index is 10.0. The second-order valence-corrected chi connectivity index (χ2v) is 7.28. The van der Waals surface area contributed by atoms with Gasteiger partial charge in [-0.05, 0) is 105 Å². The van der Waals surface area contributed by atoms with E-state index in [1.54, 1.807) is 12.1 Å². The predicted molar refractivity (Wildman–Crippen MR) is 111 cm³/mol. The second kappa shape index (κ2) is 7.47. The summed E-state index contributed by atoms with van der Waals surface area (Å²) in [7, 11) is 0. The molecule has 28 heavy (non-hydrogen) atoms. The monoisotopic (exact) mass is 378 g/mol. The van der Waals surface area contributed by atoms with Crippen molar-refractivity contribution in [1.82, 2.24) is 0 Å². The van der Waals surface area contributed by atoms with Gasteiger partial charge in [0.15, 0.2) is 11.5 Å². The number of hydrogen-bond donors (Lipinski definition) is 2. The average Bonchev–Trinajstić information content (AvgIpc) is 2.65. The fourth-order valence-corrected chi connectivity index (χ4v) is 3.08. The average molecular weight is 378 g/mol. The van der Waals surface area contributed by atoms with Crippen LogP contribution in [0.4, 0.5) is 0 Å². The minimum atomic E-state index is 0.247. The Bertz CT molecular complexity index is 1030. The van der Waals surface area contributed by atoms with Crippen molar-refractivity contribution in [1.29, 1.82) is 0 Å². The minimum Gasteiger partial charge on any atom is -0.508 e. The molecule has 0 aliphatic carbocycles. The lowest BCUT2D eigenvalue weighted by Crippen LogP contribution is -1.97. The van der Waals surface area contributed by atoms with E-state index in [1.807, 2.05) is 65.8 Å². The molecule has 146 valence electrons. The van der Waals surface area contributed by atoms with E-state index in [4.69, 9.17) is 9.47 Å². The zero-order valence-electron chi connectivity index (χ0n) is 17.2. The van der Waals surface area contributed by atoms with Crippen molar-refractivity contribution in [2.75, 3.05) is 0 Å². The van der Waals surface area contributed by atoms with Crippen molar-refractivity contribution in [3.8, 4) is 34.5 Å². The highest BCUT2D eigenvalue weighted by molar-refractivity contribution is 5.56. The fourth-order valence-electron chi connectivity index (χ4n) is 3.08. The van der Waals surface area contributed by atoms with Gasteiger partial charge in [-0.1, -0.05) is 6.07 Å². The van der Waals surface area contributed by atoms with Gasteiger partial charge in [-0.15, -0.1) is 0 Å². The standard InChI is InChI=1S/C24H26O4/c1-13-7-9-22(28-21-10-8-20(25)17(5)18(21)6)24(16(13)4)27-19-11-14(2)23(26)15(3)12-19/h7-12,25-26H,1-6H3. The summed E-state index contributed by atoms with van der Waals surface area (Å²) in [6, 6.07) is 10.9. The smallest absolute Gasteiger partial charge is 0.173 e. The first kappa shape index (κ1) is 19.6. The third-order valence-electron chi connectivity index (χ3n) is 5.25. The number of benzene rings is 3. The Balaban J connectivity index is 2.05. The van der Waals surface area contributed by atoms with Gasteiger partial charge in [0, 0.05) is 0 Å². The first-order chi connectivity index (χ1) is 13.2. The molecule has 4 heteroatoms. The summed E-state index contributed by atoms with van der Waals surface area (Å²) in [4.78, 5) is 0. The van der Waals surface area contributed by atoms with Crippen molar-refractivity contribution in [2.24, 2.45) is 0 Å². The minimum absolute atomic E-state index is 0.247. The van der Waals surface area contributed by atoms with Gasteiger partial charge in [-0.2, -0.15) is 0 Å². The molecule has 0 saturated carbocycles. The second-order valence-electron chi connectivity index (χ2n) is 7.28. The molecule has 3 aromatic carbocycles. The van der Waals surface area contributed by atoms with Crippen LogP contribution in [0.1, 0.15) is 33.4 Å². The molecule has 0 atom stereocenters. The molecule has 0 aromatic heterocycles. The van der Waals surface area contributed by atoms with Crippen LogP contribution in [0.2, 0.25) is 0 Å². The number of phenols is 2. The molecule has 0 aliphatic rings. The summed E-state index contributed by atoms with van der Waals surface area (Å²) in [5, 5.41) is 19.9. The van der Waals surface area contributed by atoms with Crippen LogP contribution in [-0.2, 0) is 0 Å².